The molecule has 3 N–H and O–H groups in total. The Kier molecular flexibility index (Phi) is 6.14. The fourth-order valence-corrected chi connectivity index (χ4v) is 6.39. The van der Waals surface area contributed by atoms with Crippen molar-refractivity contribution in [3.63, 3.8) is 0 Å². The number of nitrogens with two attached hydrogens (primary N) is 1. The number of anilines is 2. The number of thioether (sulfide) groups is 1. The first-order valence-corrected chi connectivity index (χ1v) is 12.6. The second kappa shape index (κ2) is 9.09. The summed E-state index contributed by atoms with van der Waals surface area (Å²) in [5.41, 5.74) is 5.93. The summed E-state index contributed by atoms with van der Waals surface area (Å²) in [5.74, 6) is 0.355. The SMILES string of the molecule is C#C[C@H](C)Oc1cnc2c(Nc3cc(F)c(F)c([C@@]4(C)N=C(N)S[C@@]5(C(=O)N(C)C)C[C@H]54)c3)nccc2n1. The lowest BCUT2D eigenvalue weighted by Gasteiger charge is -2.34. The fraction of sp³-hybridized carbons (Fsp3) is 0.346. The summed E-state index contributed by atoms with van der Waals surface area (Å²) in [6.45, 7) is 3.38. The van der Waals surface area contributed by atoms with E-state index in [-0.39, 0.29) is 39.9 Å². The lowest BCUT2D eigenvalue weighted by molar-refractivity contribution is -0.129. The van der Waals surface area contributed by atoms with E-state index in [0.29, 0.717) is 17.5 Å². The minimum atomic E-state index is -1.25. The van der Waals surface area contributed by atoms with Crippen molar-refractivity contribution in [2.45, 2.75) is 36.7 Å². The van der Waals surface area contributed by atoms with E-state index in [9.17, 15) is 9.18 Å². The highest BCUT2D eigenvalue weighted by molar-refractivity contribution is 8.15. The van der Waals surface area contributed by atoms with Gasteiger partial charge in [-0.15, -0.1) is 6.42 Å². The van der Waals surface area contributed by atoms with Gasteiger partial charge in [0.05, 0.1) is 17.3 Å². The van der Waals surface area contributed by atoms with Gasteiger partial charge in [-0.25, -0.2) is 23.7 Å². The van der Waals surface area contributed by atoms with Gasteiger partial charge in [-0.2, -0.15) is 0 Å². The largest absolute Gasteiger partial charge is 0.460 e. The molecular weight excluding hydrogens is 512 g/mol. The maximum atomic E-state index is 15.3. The molecule has 5 rings (SSSR count). The first-order chi connectivity index (χ1) is 18.0. The van der Waals surface area contributed by atoms with Gasteiger partial charge >= 0.3 is 0 Å². The number of rotatable bonds is 6. The Morgan fingerprint density at radius 3 is 2.84 bits per heavy atom. The van der Waals surface area contributed by atoms with Crippen molar-refractivity contribution in [3.8, 4) is 18.2 Å². The van der Waals surface area contributed by atoms with Gasteiger partial charge in [0.15, 0.2) is 28.7 Å². The quantitative estimate of drug-likeness (QED) is 0.458. The molecule has 1 fully saturated rings. The third-order valence-electron chi connectivity index (χ3n) is 6.79. The normalized spacial score (nSPS) is 24.6. The van der Waals surface area contributed by atoms with Crippen LogP contribution < -0.4 is 15.8 Å². The Labute approximate surface area is 222 Å². The van der Waals surface area contributed by atoms with Gasteiger partial charge in [0.25, 0.3) is 0 Å². The predicted molar refractivity (Wildman–Crippen MR) is 142 cm³/mol. The molecule has 1 saturated carbocycles. The smallest absolute Gasteiger partial charge is 0.239 e. The van der Waals surface area contributed by atoms with E-state index in [4.69, 9.17) is 16.9 Å². The average Bonchev–Trinajstić information content (AvgIpc) is 3.62. The van der Waals surface area contributed by atoms with Crippen LogP contribution >= 0.6 is 11.8 Å². The molecule has 2 aromatic heterocycles. The number of ether oxygens (including phenoxy) is 1. The Morgan fingerprint density at radius 1 is 1.37 bits per heavy atom. The van der Waals surface area contributed by atoms with Crippen LogP contribution in [0.25, 0.3) is 11.0 Å². The molecule has 38 heavy (non-hydrogen) atoms. The Bertz CT molecular complexity index is 1540. The zero-order valence-electron chi connectivity index (χ0n) is 21.1. The first kappa shape index (κ1) is 25.7. The van der Waals surface area contributed by atoms with Crippen molar-refractivity contribution in [3.05, 3.63) is 47.8 Å². The number of nitrogens with one attached hydrogen (secondary N) is 1. The summed E-state index contributed by atoms with van der Waals surface area (Å²) >= 11 is 1.18. The van der Waals surface area contributed by atoms with Crippen LogP contribution in [0.5, 0.6) is 5.88 Å². The highest BCUT2D eigenvalue weighted by Gasteiger charge is 2.71. The molecule has 1 aliphatic carbocycles. The van der Waals surface area contributed by atoms with E-state index in [2.05, 4.69) is 31.2 Å². The number of fused-ring (bicyclic) bond motifs is 2. The van der Waals surface area contributed by atoms with Crippen molar-refractivity contribution < 1.29 is 18.3 Å². The second-order valence-electron chi connectivity index (χ2n) is 9.65. The van der Waals surface area contributed by atoms with Crippen LogP contribution in [0, 0.1) is 29.9 Å². The molecule has 196 valence electrons. The first-order valence-electron chi connectivity index (χ1n) is 11.8. The molecule has 2 aliphatic rings. The summed E-state index contributed by atoms with van der Waals surface area (Å²) in [6.07, 6.45) is 8.23. The number of nitrogens with zero attached hydrogens (tertiary/aromatic N) is 5. The number of terminal acetylenes is 1. The average molecular weight is 538 g/mol. The molecule has 3 aromatic rings. The van der Waals surface area contributed by atoms with E-state index in [1.54, 1.807) is 34.0 Å². The highest BCUT2D eigenvalue weighted by Crippen LogP contribution is 2.66. The standard InChI is InChI=1S/C26H25F2N7O2S/c1-6-13(2)37-19-12-31-21-17(33-19)7-8-30-22(21)32-14-9-15(20(28)16(27)10-14)25(3)18-11-26(18,23(36)35(4)5)38-24(29)34-25/h1,7-10,12-13,18H,11H2,2-5H3,(H2,29,34)(H,30,32)/t13-,18-,25+,26-/m0/s1. The number of benzene rings is 1. The van der Waals surface area contributed by atoms with Crippen molar-refractivity contribution in [1.29, 1.82) is 0 Å². The number of halogens is 2. The van der Waals surface area contributed by atoms with Crippen molar-refractivity contribution in [2.24, 2.45) is 16.6 Å². The molecule has 1 aliphatic heterocycles. The number of pyridine rings is 1. The number of aliphatic imine (C=N–C) groups is 1. The zero-order valence-corrected chi connectivity index (χ0v) is 21.9. The molecule has 0 spiro atoms. The maximum absolute atomic E-state index is 15.3. The van der Waals surface area contributed by atoms with Gasteiger partial charge in [0.1, 0.15) is 10.3 Å². The van der Waals surface area contributed by atoms with Crippen LogP contribution in [0.15, 0.2) is 35.6 Å². The molecule has 0 unspecified atom stereocenters. The Morgan fingerprint density at radius 2 is 2.13 bits per heavy atom. The zero-order chi connectivity index (χ0) is 27.4. The van der Waals surface area contributed by atoms with Crippen molar-refractivity contribution in [1.82, 2.24) is 19.9 Å². The number of amidine groups is 1. The number of amides is 1. The van der Waals surface area contributed by atoms with Gasteiger partial charge in [0.2, 0.25) is 11.8 Å². The molecule has 0 saturated heterocycles. The summed E-state index contributed by atoms with van der Waals surface area (Å²) in [6, 6.07) is 4.14. The number of carbonyl (C=O) groups is 1. The molecule has 0 radical (unpaired) electrons. The Balaban J connectivity index is 1.52. The van der Waals surface area contributed by atoms with Crippen LogP contribution in [0.4, 0.5) is 20.3 Å². The van der Waals surface area contributed by atoms with Gasteiger partial charge in [-0.1, -0.05) is 17.7 Å². The third kappa shape index (κ3) is 4.16. The minimum Gasteiger partial charge on any atom is -0.460 e. The number of hydrogen-bond donors (Lipinski definition) is 2. The number of aromatic nitrogens is 3. The van der Waals surface area contributed by atoms with E-state index < -0.39 is 28.0 Å². The summed E-state index contributed by atoms with van der Waals surface area (Å²) in [5, 5.41) is 3.17. The molecule has 0 bridgehead atoms. The predicted octanol–water partition coefficient (Wildman–Crippen LogP) is 3.57. The molecule has 9 nitrogen and oxygen atoms in total. The molecular formula is C26H25F2N7O2S. The number of hydrogen-bond acceptors (Lipinski definition) is 9. The molecule has 1 amide bonds. The van der Waals surface area contributed by atoms with Crippen LogP contribution in [-0.2, 0) is 10.3 Å². The molecule has 1 aromatic carbocycles. The van der Waals surface area contributed by atoms with Gasteiger partial charge in [-0.3, -0.25) is 9.79 Å². The minimum absolute atomic E-state index is 0.00744. The molecule has 3 heterocycles. The van der Waals surface area contributed by atoms with E-state index >= 15 is 4.39 Å². The Hall–Kier alpha value is -3.98. The topological polar surface area (TPSA) is 119 Å². The number of carbonyl (C=O) groups excluding carboxylic acids is 1. The second-order valence-corrected chi connectivity index (χ2v) is 11.0. The van der Waals surface area contributed by atoms with Crippen molar-refractivity contribution in [2.75, 3.05) is 19.4 Å². The summed E-state index contributed by atoms with van der Waals surface area (Å²) < 4.78 is 34.9. The molecule has 4 atom stereocenters. The summed E-state index contributed by atoms with van der Waals surface area (Å²) in [4.78, 5) is 32.1. The highest BCUT2D eigenvalue weighted by atomic mass is 32.2. The fourth-order valence-electron chi connectivity index (χ4n) is 4.89. The van der Waals surface area contributed by atoms with Crippen molar-refractivity contribution >= 4 is 45.4 Å². The maximum Gasteiger partial charge on any atom is 0.239 e. The van der Waals surface area contributed by atoms with Crippen LogP contribution in [0.1, 0.15) is 25.8 Å². The van der Waals surface area contributed by atoms with Gasteiger partial charge in [-0.05, 0) is 32.4 Å². The monoisotopic (exact) mass is 537 g/mol. The van der Waals surface area contributed by atoms with E-state index in [0.717, 1.165) is 6.07 Å². The summed E-state index contributed by atoms with van der Waals surface area (Å²) in [7, 11) is 3.31. The van der Waals surface area contributed by atoms with Crippen LogP contribution in [0.3, 0.4) is 0 Å². The lowest BCUT2D eigenvalue weighted by atomic mass is 9.85. The van der Waals surface area contributed by atoms with E-state index in [1.807, 2.05) is 0 Å². The third-order valence-corrected chi connectivity index (χ3v) is 8.08. The van der Waals surface area contributed by atoms with Gasteiger partial charge in [0, 0.05) is 43.5 Å². The van der Waals surface area contributed by atoms with E-state index in [1.165, 1.54) is 35.1 Å². The molecule has 12 heteroatoms. The van der Waals surface area contributed by atoms with Crippen LogP contribution in [-0.4, -0.2) is 55.9 Å². The lowest BCUT2D eigenvalue weighted by Crippen LogP contribution is -2.43. The van der Waals surface area contributed by atoms with Crippen LogP contribution in [0.2, 0.25) is 0 Å². The van der Waals surface area contributed by atoms with Gasteiger partial charge < -0.3 is 20.7 Å².